The van der Waals surface area contributed by atoms with Crippen LogP contribution in [0.5, 0.6) is 11.5 Å². The number of aryl methyl sites for hydroxylation is 1. The van der Waals surface area contributed by atoms with Gasteiger partial charge in [0, 0.05) is 11.3 Å². The highest BCUT2D eigenvalue weighted by molar-refractivity contribution is 8.00. The van der Waals surface area contributed by atoms with E-state index in [9.17, 15) is 4.79 Å². The second kappa shape index (κ2) is 8.97. The van der Waals surface area contributed by atoms with Gasteiger partial charge in [-0.3, -0.25) is 4.79 Å². The van der Waals surface area contributed by atoms with Crippen molar-refractivity contribution in [2.45, 2.75) is 24.3 Å². The second-order valence-electron chi connectivity index (χ2n) is 6.76. The monoisotopic (exact) mass is 442 g/mol. The van der Waals surface area contributed by atoms with E-state index in [4.69, 9.17) is 13.9 Å². The number of carbonyl (C=O) groups excluding carboxylic acids is 1. The molecule has 0 aliphatic carbocycles. The second-order valence-corrected chi connectivity index (χ2v) is 8.72. The van der Waals surface area contributed by atoms with Crippen molar-refractivity contribution in [2.24, 2.45) is 5.10 Å². The number of nitrogens with zero attached hydrogens (tertiary/aromatic N) is 2. The fraction of sp³-hybridized carbons (Fsp3) is 0.273. The van der Waals surface area contributed by atoms with Crippen LogP contribution < -0.4 is 9.47 Å². The molecule has 0 spiro atoms. The average molecular weight is 443 g/mol. The van der Waals surface area contributed by atoms with Crippen LogP contribution in [0.3, 0.4) is 0 Å². The maximum absolute atomic E-state index is 13.1. The van der Waals surface area contributed by atoms with E-state index in [-0.39, 0.29) is 17.7 Å². The van der Waals surface area contributed by atoms with Gasteiger partial charge in [-0.05, 0) is 48.2 Å². The number of rotatable bonds is 7. The maximum atomic E-state index is 13.1. The molecular formula is C22H22N2O4S2. The molecule has 4 rings (SSSR count). The summed E-state index contributed by atoms with van der Waals surface area (Å²) in [7, 11) is 3.21. The molecule has 1 aliphatic rings. The van der Waals surface area contributed by atoms with Gasteiger partial charge in [0.05, 0.1) is 36.8 Å². The summed E-state index contributed by atoms with van der Waals surface area (Å²) in [5, 5.41) is 8.24. The molecule has 156 valence electrons. The molecule has 0 fully saturated rings. The van der Waals surface area contributed by atoms with Crippen LogP contribution in [0, 0.1) is 6.92 Å². The smallest absolute Gasteiger partial charge is 0.253 e. The number of benzene rings is 1. The van der Waals surface area contributed by atoms with Gasteiger partial charge < -0.3 is 13.9 Å². The van der Waals surface area contributed by atoms with Gasteiger partial charge in [-0.2, -0.15) is 5.10 Å². The summed E-state index contributed by atoms with van der Waals surface area (Å²) in [6.07, 6.45) is 2.27. The lowest BCUT2D eigenvalue weighted by molar-refractivity contribution is -0.130. The number of thioether (sulfide) groups is 1. The van der Waals surface area contributed by atoms with Gasteiger partial charge in [-0.25, -0.2) is 5.01 Å². The lowest BCUT2D eigenvalue weighted by Gasteiger charge is -2.20. The van der Waals surface area contributed by atoms with Crippen molar-refractivity contribution in [1.82, 2.24) is 5.01 Å². The van der Waals surface area contributed by atoms with Crippen molar-refractivity contribution < 1.29 is 18.7 Å². The number of carbonyl (C=O) groups is 1. The number of hydrazone groups is 1. The molecule has 8 heteroatoms. The molecule has 2 aromatic heterocycles. The quantitative estimate of drug-likeness (QED) is 0.474. The first kappa shape index (κ1) is 20.6. The molecule has 1 aliphatic heterocycles. The normalized spacial score (nSPS) is 15.9. The van der Waals surface area contributed by atoms with Gasteiger partial charge in [0.25, 0.3) is 5.91 Å². The Morgan fingerprint density at radius 1 is 1.27 bits per heavy atom. The van der Waals surface area contributed by atoms with E-state index in [1.165, 1.54) is 11.8 Å². The molecule has 0 bridgehead atoms. The number of ether oxygens (including phenoxy) is 2. The Morgan fingerprint density at radius 3 is 2.73 bits per heavy atom. The van der Waals surface area contributed by atoms with Crippen molar-refractivity contribution in [2.75, 3.05) is 20.0 Å². The Labute approximate surface area is 183 Å². The van der Waals surface area contributed by atoms with E-state index < -0.39 is 0 Å². The minimum Gasteiger partial charge on any atom is -0.493 e. The molecule has 0 N–H and O–H groups in total. The van der Waals surface area contributed by atoms with Crippen LogP contribution in [0.4, 0.5) is 0 Å². The predicted molar refractivity (Wildman–Crippen MR) is 119 cm³/mol. The standard InChI is InChI=1S/C22H22N2O4S2/c1-14-10-18(26-2)19(27-3)12-21(14)30-13-22(25)24-16(17-6-4-8-28-17)11-15(23-24)20-7-5-9-29-20/h4-10,12,16H,11,13H2,1-3H3. The average Bonchev–Trinajstić information content (AvgIpc) is 3.52. The fourth-order valence-corrected chi connectivity index (χ4v) is 4.97. The Morgan fingerprint density at radius 2 is 2.07 bits per heavy atom. The Kier molecular flexibility index (Phi) is 6.15. The van der Waals surface area contributed by atoms with Crippen LogP contribution in [0.15, 0.2) is 62.5 Å². The highest BCUT2D eigenvalue weighted by atomic mass is 32.2. The van der Waals surface area contributed by atoms with Gasteiger partial charge in [0.2, 0.25) is 0 Å². The summed E-state index contributed by atoms with van der Waals surface area (Å²) in [5.41, 5.74) is 1.93. The topological polar surface area (TPSA) is 64.3 Å². The molecule has 3 heterocycles. The molecule has 0 radical (unpaired) electrons. The van der Waals surface area contributed by atoms with E-state index in [0.29, 0.717) is 17.9 Å². The highest BCUT2D eigenvalue weighted by Gasteiger charge is 2.35. The Balaban J connectivity index is 1.54. The minimum atomic E-state index is -0.225. The SMILES string of the molecule is COc1cc(C)c(SCC(=O)N2N=C(c3cccs3)CC2c2ccco2)cc1OC. The summed E-state index contributed by atoms with van der Waals surface area (Å²) < 4.78 is 16.3. The summed E-state index contributed by atoms with van der Waals surface area (Å²) >= 11 is 3.09. The van der Waals surface area contributed by atoms with Gasteiger partial charge in [-0.1, -0.05) is 6.07 Å². The molecule has 1 atom stereocenters. The number of methoxy groups -OCH3 is 2. The van der Waals surface area contributed by atoms with Crippen LogP contribution in [-0.4, -0.2) is 36.6 Å². The van der Waals surface area contributed by atoms with E-state index in [1.807, 2.05) is 48.7 Å². The highest BCUT2D eigenvalue weighted by Crippen LogP contribution is 2.37. The number of amides is 1. The zero-order valence-corrected chi connectivity index (χ0v) is 18.6. The number of furan rings is 1. The summed E-state index contributed by atoms with van der Waals surface area (Å²) in [6, 6.07) is 11.3. The van der Waals surface area contributed by atoms with E-state index >= 15 is 0 Å². The van der Waals surface area contributed by atoms with Crippen molar-refractivity contribution >= 4 is 34.7 Å². The Hall–Kier alpha value is -2.71. The van der Waals surface area contributed by atoms with Crippen LogP contribution in [0.2, 0.25) is 0 Å². The first-order valence-electron chi connectivity index (χ1n) is 9.43. The Bertz CT molecular complexity index is 1050. The van der Waals surface area contributed by atoms with E-state index in [1.54, 1.807) is 36.8 Å². The van der Waals surface area contributed by atoms with Crippen molar-refractivity contribution in [3.05, 3.63) is 64.2 Å². The first-order chi connectivity index (χ1) is 14.6. The van der Waals surface area contributed by atoms with Gasteiger partial charge >= 0.3 is 0 Å². The zero-order chi connectivity index (χ0) is 21.1. The molecule has 3 aromatic rings. The molecule has 0 saturated heterocycles. The van der Waals surface area contributed by atoms with Crippen LogP contribution in [0.1, 0.15) is 28.7 Å². The molecule has 1 unspecified atom stereocenters. The van der Waals surface area contributed by atoms with Crippen LogP contribution in [0.25, 0.3) is 0 Å². The van der Waals surface area contributed by atoms with Crippen molar-refractivity contribution in [3.8, 4) is 11.5 Å². The van der Waals surface area contributed by atoms with Crippen molar-refractivity contribution in [1.29, 1.82) is 0 Å². The van der Waals surface area contributed by atoms with Crippen molar-refractivity contribution in [3.63, 3.8) is 0 Å². The van der Waals surface area contributed by atoms with Gasteiger partial charge in [0.1, 0.15) is 11.8 Å². The lowest BCUT2D eigenvalue weighted by Crippen LogP contribution is -2.28. The lowest BCUT2D eigenvalue weighted by atomic mass is 10.1. The minimum absolute atomic E-state index is 0.0675. The largest absolute Gasteiger partial charge is 0.493 e. The fourth-order valence-electron chi connectivity index (χ4n) is 3.36. The number of hydrogen-bond donors (Lipinski definition) is 0. The maximum Gasteiger partial charge on any atom is 0.253 e. The van der Waals surface area contributed by atoms with Gasteiger partial charge in [0.15, 0.2) is 11.5 Å². The molecule has 1 aromatic carbocycles. The van der Waals surface area contributed by atoms with E-state index in [0.717, 1.165) is 26.8 Å². The summed E-state index contributed by atoms with van der Waals surface area (Å²) in [6.45, 7) is 1.99. The predicted octanol–water partition coefficient (Wildman–Crippen LogP) is 5.14. The molecular weight excluding hydrogens is 420 g/mol. The molecule has 30 heavy (non-hydrogen) atoms. The molecule has 0 saturated carbocycles. The number of hydrogen-bond acceptors (Lipinski definition) is 7. The third-order valence-corrected chi connectivity index (χ3v) is 6.94. The molecule has 1 amide bonds. The van der Waals surface area contributed by atoms with Crippen LogP contribution >= 0.6 is 23.1 Å². The zero-order valence-electron chi connectivity index (χ0n) is 17.0. The van der Waals surface area contributed by atoms with Gasteiger partial charge in [-0.15, -0.1) is 23.1 Å². The summed E-state index contributed by atoms with van der Waals surface area (Å²) in [5.74, 6) is 2.25. The van der Waals surface area contributed by atoms with Crippen LogP contribution in [-0.2, 0) is 4.79 Å². The molecule has 6 nitrogen and oxygen atoms in total. The first-order valence-corrected chi connectivity index (χ1v) is 11.3. The third-order valence-electron chi connectivity index (χ3n) is 4.88. The number of thiophene rings is 1. The summed E-state index contributed by atoms with van der Waals surface area (Å²) in [4.78, 5) is 15.2. The van der Waals surface area contributed by atoms with E-state index in [2.05, 4.69) is 5.10 Å². The third kappa shape index (κ3) is 4.11.